The standard InChI is InChI=1S/C21H25N3S/c1-25-20-6-2-4-18(12-20)15-24-9-3-5-17(14-24)10-16-7-8-21-19(11-16)13-22-23-21/h2,4,6-8,11-13,17H,3,5,9-10,14-15H2,1H3,(H,22,23). The molecule has 1 unspecified atom stereocenters. The first-order valence-electron chi connectivity index (χ1n) is 9.07. The molecule has 1 atom stereocenters. The zero-order chi connectivity index (χ0) is 17.1. The predicted octanol–water partition coefficient (Wildman–Crippen LogP) is 4.74. The minimum atomic E-state index is 0.752. The van der Waals surface area contributed by atoms with Crippen molar-refractivity contribution in [2.24, 2.45) is 5.92 Å². The summed E-state index contributed by atoms with van der Waals surface area (Å²) in [5, 5.41) is 8.38. The molecule has 0 amide bonds. The van der Waals surface area contributed by atoms with E-state index in [9.17, 15) is 0 Å². The van der Waals surface area contributed by atoms with Crippen LogP contribution in [0.3, 0.4) is 0 Å². The van der Waals surface area contributed by atoms with Gasteiger partial charge in [0.1, 0.15) is 0 Å². The lowest BCUT2D eigenvalue weighted by molar-refractivity contribution is 0.167. The molecule has 130 valence electrons. The van der Waals surface area contributed by atoms with E-state index in [0.29, 0.717) is 0 Å². The fraction of sp³-hybridized carbons (Fsp3) is 0.381. The van der Waals surface area contributed by atoms with Crippen LogP contribution < -0.4 is 0 Å². The van der Waals surface area contributed by atoms with Crippen LogP contribution in [-0.4, -0.2) is 34.4 Å². The minimum absolute atomic E-state index is 0.752. The minimum Gasteiger partial charge on any atom is -0.299 e. The predicted molar refractivity (Wildman–Crippen MR) is 106 cm³/mol. The monoisotopic (exact) mass is 351 g/mol. The van der Waals surface area contributed by atoms with Gasteiger partial charge in [0.05, 0.1) is 11.7 Å². The molecule has 0 radical (unpaired) electrons. The second-order valence-corrected chi connectivity index (χ2v) is 7.97. The van der Waals surface area contributed by atoms with E-state index in [1.807, 2.05) is 18.0 Å². The molecule has 25 heavy (non-hydrogen) atoms. The van der Waals surface area contributed by atoms with Crippen molar-refractivity contribution in [1.29, 1.82) is 0 Å². The summed E-state index contributed by atoms with van der Waals surface area (Å²) < 4.78 is 0. The van der Waals surface area contributed by atoms with Crippen LogP contribution in [0, 0.1) is 5.92 Å². The van der Waals surface area contributed by atoms with Gasteiger partial charge in [0, 0.05) is 23.4 Å². The van der Waals surface area contributed by atoms with Crippen LogP contribution in [0.4, 0.5) is 0 Å². The Bertz CT molecular complexity index is 842. The summed E-state index contributed by atoms with van der Waals surface area (Å²) in [6.07, 6.45) is 7.88. The quantitative estimate of drug-likeness (QED) is 0.674. The molecular formula is C21H25N3S. The Morgan fingerprint density at radius 1 is 1.20 bits per heavy atom. The molecule has 2 heterocycles. The average molecular weight is 352 g/mol. The van der Waals surface area contributed by atoms with Gasteiger partial charge in [-0.3, -0.25) is 10.00 Å². The molecule has 0 spiro atoms. The number of aromatic amines is 1. The zero-order valence-electron chi connectivity index (χ0n) is 14.7. The number of benzene rings is 2. The van der Waals surface area contributed by atoms with Gasteiger partial charge in [-0.05, 0) is 73.4 Å². The van der Waals surface area contributed by atoms with Crippen molar-refractivity contribution in [2.45, 2.75) is 30.7 Å². The summed E-state index contributed by atoms with van der Waals surface area (Å²) >= 11 is 1.82. The first kappa shape index (κ1) is 16.7. The molecule has 1 fully saturated rings. The highest BCUT2D eigenvalue weighted by Gasteiger charge is 2.20. The molecule has 0 saturated carbocycles. The lowest BCUT2D eigenvalue weighted by Gasteiger charge is -2.33. The Balaban J connectivity index is 1.40. The number of fused-ring (bicyclic) bond motifs is 1. The second-order valence-electron chi connectivity index (χ2n) is 7.09. The fourth-order valence-electron chi connectivity index (χ4n) is 3.94. The van der Waals surface area contributed by atoms with Gasteiger partial charge in [-0.25, -0.2) is 0 Å². The van der Waals surface area contributed by atoms with Crippen LogP contribution in [0.15, 0.2) is 53.6 Å². The summed E-state index contributed by atoms with van der Waals surface area (Å²) in [5.74, 6) is 0.752. The number of hydrogen-bond donors (Lipinski definition) is 1. The number of piperidine rings is 1. The third-order valence-electron chi connectivity index (χ3n) is 5.17. The van der Waals surface area contributed by atoms with Crippen LogP contribution in [-0.2, 0) is 13.0 Å². The summed E-state index contributed by atoms with van der Waals surface area (Å²) in [4.78, 5) is 3.99. The largest absolute Gasteiger partial charge is 0.299 e. The lowest BCUT2D eigenvalue weighted by Crippen LogP contribution is -2.35. The van der Waals surface area contributed by atoms with E-state index in [-0.39, 0.29) is 0 Å². The number of nitrogens with zero attached hydrogens (tertiary/aromatic N) is 2. The fourth-order valence-corrected chi connectivity index (χ4v) is 4.43. The van der Waals surface area contributed by atoms with Crippen molar-refractivity contribution in [1.82, 2.24) is 15.1 Å². The van der Waals surface area contributed by atoms with Gasteiger partial charge in [0.25, 0.3) is 0 Å². The van der Waals surface area contributed by atoms with E-state index in [1.54, 1.807) is 0 Å². The summed E-state index contributed by atoms with van der Waals surface area (Å²) in [5.41, 5.74) is 4.00. The number of nitrogens with one attached hydrogen (secondary N) is 1. The highest BCUT2D eigenvalue weighted by atomic mass is 32.2. The maximum atomic E-state index is 4.13. The van der Waals surface area contributed by atoms with Crippen LogP contribution in [0.25, 0.3) is 10.9 Å². The van der Waals surface area contributed by atoms with Crippen molar-refractivity contribution in [3.8, 4) is 0 Å². The molecule has 1 saturated heterocycles. The summed E-state index contributed by atoms with van der Waals surface area (Å²) in [6.45, 7) is 3.50. The second kappa shape index (κ2) is 7.63. The Labute approximate surface area is 153 Å². The number of likely N-dealkylation sites (tertiary alicyclic amines) is 1. The normalized spacial score (nSPS) is 18.7. The van der Waals surface area contributed by atoms with Crippen LogP contribution in [0.1, 0.15) is 24.0 Å². The third-order valence-corrected chi connectivity index (χ3v) is 5.90. The van der Waals surface area contributed by atoms with E-state index in [1.165, 1.54) is 53.8 Å². The molecule has 1 aromatic heterocycles. The van der Waals surface area contributed by atoms with Gasteiger partial charge in [0.2, 0.25) is 0 Å². The maximum Gasteiger partial charge on any atom is 0.0650 e. The molecule has 0 bridgehead atoms. The van der Waals surface area contributed by atoms with E-state index >= 15 is 0 Å². The van der Waals surface area contributed by atoms with E-state index in [4.69, 9.17) is 0 Å². The molecule has 2 aromatic carbocycles. The van der Waals surface area contributed by atoms with E-state index < -0.39 is 0 Å². The topological polar surface area (TPSA) is 31.9 Å². The van der Waals surface area contributed by atoms with Gasteiger partial charge in [-0.1, -0.05) is 18.2 Å². The van der Waals surface area contributed by atoms with Gasteiger partial charge in [-0.15, -0.1) is 11.8 Å². The summed E-state index contributed by atoms with van der Waals surface area (Å²) in [7, 11) is 0. The lowest BCUT2D eigenvalue weighted by atomic mass is 9.90. The molecule has 1 aliphatic heterocycles. The molecule has 3 aromatic rings. The highest BCUT2D eigenvalue weighted by Crippen LogP contribution is 2.24. The number of rotatable bonds is 5. The van der Waals surface area contributed by atoms with Crippen molar-refractivity contribution >= 4 is 22.7 Å². The van der Waals surface area contributed by atoms with Crippen LogP contribution in [0.2, 0.25) is 0 Å². The first-order valence-corrected chi connectivity index (χ1v) is 10.3. The Morgan fingerprint density at radius 2 is 2.16 bits per heavy atom. The third kappa shape index (κ3) is 4.07. The molecule has 1 N–H and O–H groups in total. The van der Waals surface area contributed by atoms with E-state index in [2.05, 4.69) is 63.8 Å². The molecule has 0 aliphatic carbocycles. The summed E-state index contributed by atoms with van der Waals surface area (Å²) in [6, 6.07) is 15.7. The van der Waals surface area contributed by atoms with E-state index in [0.717, 1.165) is 18.0 Å². The average Bonchev–Trinajstić information content (AvgIpc) is 3.10. The Hall–Kier alpha value is -1.78. The van der Waals surface area contributed by atoms with Crippen molar-refractivity contribution in [3.63, 3.8) is 0 Å². The molecule has 4 rings (SSSR count). The Morgan fingerprint density at radius 3 is 3.08 bits per heavy atom. The number of hydrogen-bond acceptors (Lipinski definition) is 3. The number of aromatic nitrogens is 2. The van der Waals surface area contributed by atoms with Gasteiger partial charge in [0.15, 0.2) is 0 Å². The Kier molecular flexibility index (Phi) is 5.09. The SMILES string of the molecule is CSc1cccc(CN2CCCC(Cc3ccc4[nH]ncc4c3)C2)c1. The molecular weight excluding hydrogens is 326 g/mol. The number of thioether (sulfide) groups is 1. The number of H-pyrrole nitrogens is 1. The van der Waals surface area contributed by atoms with Crippen molar-refractivity contribution < 1.29 is 0 Å². The molecule has 4 heteroatoms. The van der Waals surface area contributed by atoms with Crippen LogP contribution in [0.5, 0.6) is 0 Å². The maximum absolute atomic E-state index is 4.13. The smallest absolute Gasteiger partial charge is 0.0650 e. The molecule has 1 aliphatic rings. The first-order chi connectivity index (χ1) is 12.3. The highest BCUT2D eigenvalue weighted by molar-refractivity contribution is 7.98. The van der Waals surface area contributed by atoms with Gasteiger partial charge in [-0.2, -0.15) is 5.10 Å². The zero-order valence-corrected chi connectivity index (χ0v) is 15.6. The van der Waals surface area contributed by atoms with Crippen molar-refractivity contribution in [3.05, 3.63) is 59.8 Å². The van der Waals surface area contributed by atoms with Crippen LogP contribution >= 0.6 is 11.8 Å². The van der Waals surface area contributed by atoms with Crippen molar-refractivity contribution in [2.75, 3.05) is 19.3 Å². The molecule has 3 nitrogen and oxygen atoms in total. The van der Waals surface area contributed by atoms with Gasteiger partial charge >= 0.3 is 0 Å². The van der Waals surface area contributed by atoms with Gasteiger partial charge < -0.3 is 0 Å².